The highest BCUT2D eigenvalue weighted by atomic mass is 16.5. The molecule has 0 spiro atoms. The fourth-order valence-corrected chi connectivity index (χ4v) is 4.64. The van der Waals surface area contributed by atoms with Gasteiger partial charge in [-0.2, -0.15) is 0 Å². The Morgan fingerprint density at radius 1 is 1.03 bits per heavy atom. The van der Waals surface area contributed by atoms with E-state index in [4.69, 9.17) is 9.15 Å². The van der Waals surface area contributed by atoms with Gasteiger partial charge in [0.05, 0.1) is 17.0 Å². The van der Waals surface area contributed by atoms with E-state index in [0.29, 0.717) is 35.4 Å². The molecule has 3 aromatic carbocycles. The first-order valence-corrected chi connectivity index (χ1v) is 11.2. The molecule has 0 fully saturated rings. The van der Waals surface area contributed by atoms with Gasteiger partial charge in [-0.1, -0.05) is 54.6 Å². The summed E-state index contributed by atoms with van der Waals surface area (Å²) in [5.41, 5.74) is 4.37. The van der Waals surface area contributed by atoms with Crippen LogP contribution >= 0.6 is 0 Å². The number of amides is 1. The van der Waals surface area contributed by atoms with E-state index in [2.05, 4.69) is 6.58 Å². The zero-order valence-corrected chi connectivity index (χ0v) is 19.2. The van der Waals surface area contributed by atoms with Crippen LogP contribution in [0, 0.1) is 13.8 Å². The van der Waals surface area contributed by atoms with E-state index in [9.17, 15) is 9.59 Å². The third kappa shape index (κ3) is 3.69. The van der Waals surface area contributed by atoms with Gasteiger partial charge in [-0.25, -0.2) is 0 Å². The lowest BCUT2D eigenvalue weighted by Crippen LogP contribution is -2.29. The highest BCUT2D eigenvalue weighted by Crippen LogP contribution is 2.39. The zero-order valence-electron chi connectivity index (χ0n) is 19.2. The van der Waals surface area contributed by atoms with Gasteiger partial charge in [0.15, 0.2) is 5.43 Å². The molecule has 1 atom stereocenters. The van der Waals surface area contributed by atoms with Crippen molar-refractivity contribution < 1.29 is 13.9 Å². The Labute approximate surface area is 197 Å². The van der Waals surface area contributed by atoms with Crippen molar-refractivity contribution in [2.45, 2.75) is 26.5 Å². The molecule has 0 aliphatic carbocycles. The molecule has 5 nitrogen and oxygen atoms in total. The number of fused-ring (bicyclic) bond motifs is 2. The van der Waals surface area contributed by atoms with Crippen molar-refractivity contribution in [2.24, 2.45) is 0 Å². The van der Waals surface area contributed by atoms with Gasteiger partial charge in [0.25, 0.3) is 5.91 Å². The average molecular weight is 452 g/mol. The second-order valence-electron chi connectivity index (χ2n) is 8.62. The third-order valence-corrected chi connectivity index (χ3v) is 6.17. The molecule has 0 saturated carbocycles. The molecule has 170 valence electrons. The summed E-state index contributed by atoms with van der Waals surface area (Å²) in [6.45, 7) is 8.39. The first-order chi connectivity index (χ1) is 16.5. The van der Waals surface area contributed by atoms with E-state index in [-0.39, 0.29) is 17.1 Å². The Kier molecular flexibility index (Phi) is 5.54. The summed E-state index contributed by atoms with van der Waals surface area (Å²) < 4.78 is 12.0. The average Bonchev–Trinajstić information content (AvgIpc) is 3.12. The maximum Gasteiger partial charge on any atom is 0.291 e. The smallest absolute Gasteiger partial charge is 0.291 e. The molecule has 1 aromatic heterocycles. The molecule has 1 amide bonds. The molecule has 5 rings (SSSR count). The first kappa shape index (κ1) is 21.7. The lowest BCUT2D eigenvalue weighted by Gasteiger charge is -2.24. The van der Waals surface area contributed by atoms with Gasteiger partial charge >= 0.3 is 0 Å². The normalized spacial score (nSPS) is 14.9. The van der Waals surface area contributed by atoms with Crippen LogP contribution in [-0.2, 0) is 6.61 Å². The number of ether oxygens (including phenoxy) is 1. The van der Waals surface area contributed by atoms with Gasteiger partial charge in [-0.3, -0.25) is 9.59 Å². The summed E-state index contributed by atoms with van der Waals surface area (Å²) in [6, 6.07) is 20.7. The minimum Gasteiger partial charge on any atom is -0.489 e. The molecule has 4 aromatic rings. The molecule has 1 aliphatic heterocycles. The molecule has 0 N–H and O–H groups in total. The third-order valence-electron chi connectivity index (χ3n) is 6.17. The van der Waals surface area contributed by atoms with E-state index in [1.165, 1.54) is 0 Å². The van der Waals surface area contributed by atoms with Crippen molar-refractivity contribution >= 4 is 16.9 Å². The van der Waals surface area contributed by atoms with Gasteiger partial charge < -0.3 is 14.1 Å². The Bertz CT molecular complexity index is 1450. The monoisotopic (exact) mass is 451 g/mol. The standard InChI is InChI=1S/C29H25NO4/c1-4-14-30-25(21-10-12-22(13-11-21)33-17-20-8-6-5-7-9-20)24-26(31)23-16-18(2)15-19(3)27(23)34-28(24)29(30)32/h4-13,15-16,25H,1,14,17H2,2-3H3. The van der Waals surface area contributed by atoms with Crippen LogP contribution < -0.4 is 10.2 Å². The number of nitrogens with zero attached hydrogens (tertiary/aromatic N) is 1. The quantitative estimate of drug-likeness (QED) is 0.352. The zero-order chi connectivity index (χ0) is 23.8. The fraction of sp³-hybridized carbons (Fsp3) is 0.172. The Hall–Kier alpha value is -4.12. The second-order valence-corrected chi connectivity index (χ2v) is 8.62. The van der Waals surface area contributed by atoms with Crippen molar-refractivity contribution in [3.8, 4) is 5.75 Å². The summed E-state index contributed by atoms with van der Waals surface area (Å²) in [5, 5.41) is 0.498. The summed E-state index contributed by atoms with van der Waals surface area (Å²) in [4.78, 5) is 28.6. The molecule has 1 aliphatic rings. The van der Waals surface area contributed by atoms with Crippen LogP contribution in [0.15, 0.2) is 88.6 Å². The van der Waals surface area contributed by atoms with Crippen LogP contribution in [0.3, 0.4) is 0 Å². The highest BCUT2D eigenvalue weighted by molar-refractivity contribution is 5.99. The molecule has 34 heavy (non-hydrogen) atoms. The van der Waals surface area contributed by atoms with Crippen LogP contribution in [0.1, 0.15) is 44.4 Å². The summed E-state index contributed by atoms with van der Waals surface area (Å²) in [7, 11) is 0. The van der Waals surface area contributed by atoms with Crippen molar-refractivity contribution in [1.29, 1.82) is 0 Å². The lowest BCUT2D eigenvalue weighted by atomic mass is 9.97. The van der Waals surface area contributed by atoms with E-state index < -0.39 is 6.04 Å². The van der Waals surface area contributed by atoms with Gasteiger partial charge in [-0.15, -0.1) is 6.58 Å². The summed E-state index contributed by atoms with van der Waals surface area (Å²) >= 11 is 0. The van der Waals surface area contributed by atoms with E-state index >= 15 is 0 Å². The predicted octanol–water partition coefficient (Wildman–Crippen LogP) is 5.72. The topological polar surface area (TPSA) is 59.8 Å². The largest absolute Gasteiger partial charge is 0.489 e. The van der Waals surface area contributed by atoms with Gasteiger partial charge in [0.2, 0.25) is 5.76 Å². The first-order valence-electron chi connectivity index (χ1n) is 11.2. The minimum absolute atomic E-state index is 0.112. The predicted molar refractivity (Wildman–Crippen MR) is 132 cm³/mol. The Balaban J connectivity index is 1.55. The number of benzene rings is 3. The second kappa shape index (κ2) is 8.67. The number of hydrogen-bond acceptors (Lipinski definition) is 4. The molecule has 2 heterocycles. The van der Waals surface area contributed by atoms with Gasteiger partial charge in [0.1, 0.15) is 17.9 Å². The lowest BCUT2D eigenvalue weighted by molar-refractivity contribution is 0.0748. The Morgan fingerprint density at radius 2 is 1.76 bits per heavy atom. The molecule has 1 unspecified atom stereocenters. The number of carbonyl (C=O) groups excluding carboxylic acids is 1. The van der Waals surface area contributed by atoms with Crippen molar-refractivity contribution in [1.82, 2.24) is 4.90 Å². The van der Waals surface area contributed by atoms with Crippen molar-refractivity contribution in [3.05, 3.63) is 123 Å². The summed E-state index contributed by atoms with van der Waals surface area (Å²) in [5.74, 6) is 0.521. The van der Waals surface area contributed by atoms with Gasteiger partial charge in [-0.05, 0) is 54.3 Å². The number of carbonyl (C=O) groups is 1. The number of aryl methyl sites for hydroxylation is 2. The maximum absolute atomic E-state index is 13.6. The van der Waals surface area contributed by atoms with Crippen LogP contribution in [0.4, 0.5) is 0 Å². The molecule has 0 bridgehead atoms. The van der Waals surface area contributed by atoms with Crippen molar-refractivity contribution in [2.75, 3.05) is 6.54 Å². The van der Waals surface area contributed by atoms with E-state index in [0.717, 1.165) is 22.3 Å². The molecular weight excluding hydrogens is 426 g/mol. The van der Waals surface area contributed by atoms with Crippen molar-refractivity contribution in [3.63, 3.8) is 0 Å². The molecule has 5 heteroatoms. The highest BCUT2D eigenvalue weighted by Gasteiger charge is 2.42. The Morgan fingerprint density at radius 3 is 2.47 bits per heavy atom. The minimum atomic E-state index is -0.551. The number of rotatable bonds is 6. The van der Waals surface area contributed by atoms with Crippen LogP contribution in [-0.4, -0.2) is 17.4 Å². The molecule has 0 radical (unpaired) electrons. The molecular formula is C29H25NO4. The molecule has 0 saturated heterocycles. The summed E-state index contributed by atoms with van der Waals surface area (Å²) in [6.07, 6.45) is 1.66. The SMILES string of the molecule is C=CCN1C(=O)c2oc3c(C)cc(C)cc3c(=O)c2C1c1ccc(OCc2ccccc2)cc1. The van der Waals surface area contributed by atoms with Crippen LogP contribution in [0.5, 0.6) is 5.75 Å². The van der Waals surface area contributed by atoms with Gasteiger partial charge in [0, 0.05) is 6.54 Å². The van der Waals surface area contributed by atoms with E-state index in [1.807, 2.05) is 80.6 Å². The van der Waals surface area contributed by atoms with Crippen LogP contribution in [0.2, 0.25) is 0 Å². The van der Waals surface area contributed by atoms with E-state index in [1.54, 1.807) is 11.0 Å². The fourth-order valence-electron chi connectivity index (χ4n) is 4.64. The van der Waals surface area contributed by atoms with Crippen LogP contribution in [0.25, 0.3) is 11.0 Å². The number of hydrogen-bond donors (Lipinski definition) is 0. The maximum atomic E-state index is 13.6.